The average Bonchev–Trinajstić information content (AvgIpc) is 3.11. The predicted octanol–water partition coefficient (Wildman–Crippen LogP) is 6.56. The molecule has 0 aliphatic heterocycles. The van der Waals surface area contributed by atoms with Crippen LogP contribution in [0.1, 0.15) is 94.5 Å². The summed E-state index contributed by atoms with van der Waals surface area (Å²) < 4.78 is 5.37. The van der Waals surface area contributed by atoms with Gasteiger partial charge in [-0.3, -0.25) is 4.79 Å². The summed E-state index contributed by atoms with van der Waals surface area (Å²) in [6.45, 7) is 9.44. The van der Waals surface area contributed by atoms with Crippen LogP contribution in [-0.2, 0) is 0 Å². The third kappa shape index (κ3) is 3.06. The molecule has 5 rings (SSSR count). The number of ether oxygens (including phenoxy) is 1. The highest BCUT2D eigenvalue weighted by Crippen LogP contribution is 2.68. The molecule has 8 atom stereocenters. The summed E-state index contributed by atoms with van der Waals surface area (Å²) in [6.07, 6.45) is 11.0. The lowest BCUT2D eigenvalue weighted by Gasteiger charge is -2.65. The van der Waals surface area contributed by atoms with Crippen LogP contribution in [0.2, 0.25) is 0 Å². The van der Waals surface area contributed by atoms with E-state index in [4.69, 9.17) is 10.5 Å². The number of hydrogen-bond donors (Lipinski definition) is 1. The maximum Gasteiger partial charge on any atom is 0.166 e. The van der Waals surface area contributed by atoms with Gasteiger partial charge in [0.2, 0.25) is 0 Å². The van der Waals surface area contributed by atoms with Gasteiger partial charge in [0.1, 0.15) is 5.75 Å². The van der Waals surface area contributed by atoms with Gasteiger partial charge in [0.25, 0.3) is 0 Å². The van der Waals surface area contributed by atoms with Crippen molar-refractivity contribution in [3.8, 4) is 5.75 Å². The van der Waals surface area contributed by atoms with Gasteiger partial charge in [-0.1, -0.05) is 27.2 Å². The number of aryl methyl sites for hydroxylation is 1. The summed E-state index contributed by atoms with van der Waals surface area (Å²) in [5.74, 6) is 4.29. The molecule has 32 heavy (non-hydrogen) atoms. The van der Waals surface area contributed by atoms with Crippen LogP contribution in [0.3, 0.4) is 0 Å². The van der Waals surface area contributed by atoms with Gasteiger partial charge in [-0.05, 0) is 117 Å². The minimum Gasteiger partial charge on any atom is -0.497 e. The molecular formula is C29H43NO2. The average molecular weight is 438 g/mol. The van der Waals surface area contributed by atoms with Gasteiger partial charge in [-0.25, -0.2) is 0 Å². The lowest BCUT2D eigenvalue weighted by Crippen LogP contribution is -2.66. The molecule has 4 aliphatic carbocycles. The third-order valence-corrected chi connectivity index (χ3v) is 11.2. The van der Waals surface area contributed by atoms with Gasteiger partial charge < -0.3 is 10.5 Å². The van der Waals surface area contributed by atoms with Gasteiger partial charge in [0, 0.05) is 17.0 Å². The zero-order chi connectivity index (χ0) is 22.9. The number of hydrogen-bond acceptors (Lipinski definition) is 3. The minimum atomic E-state index is 0.0214. The van der Waals surface area contributed by atoms with Crippen molar-refractivity contribution < 1.29 is 9.53 Å². The second kappa shape index (κ2) is 7.58. The van der Waals surface area contributed by atoms with Crippen LogP contribution in [0.5, 0.6) is 5.75 Å². The van der Waals surface area contributed by atoms with Crippen LogP contribution in [0.25, 0.3) is 0 Å². The highest BCUT2D eigenvalue weighted by molar-refractivity contribution is 6.00. The van der Waals surface area contributed by atoms with Crippen LogP contribution in [0.15, 0.2) is 18.2 Å². The van der Waals surface area contributed by atoms with Crippen LogP contribution in [0, 0.1) is 47.3 Å². The number of carbonyl (C=O) groups excluding carboxylic acids is 1. The fourth-order valence-corrected chi connectivity index (χ4v) is 9.26. The van der Waals surface area contributed by atoms with E-state index in [0.29, 0.717) is 11.7 Å². The van der Waals surface area contributed by atoms with Gasteiger partial charge >= 0.3 is 0 Å². The Morgan fingerprint density at radius 2 is 1.81 bits per heavy atom. The SMILES string of the molecule is COc1ccc(C(=O)[C@H]2CCC3[C@@H]4CC[C@]5(N)C[C@@H](C)CC[C@]5(C)C4CC[C@@]32C)c(C)c1. The molecule has 4 aliphatic rings. The Kier molecular flexibility index (Phi) is 5.32. The van der Waals surface area contributed by atoms with Crippen LogP contribution in [0.4, 0.5) is 0 Å². The van der Waals surface area contributed by atoms with Gasteiger partial charge in [0.15, 0.2) is 5.78 Å². The molecule has 0 aromatic heterocycles. The zero-order valence-electron chi connectivity index (χ0n) is 20.9. The first-order chi connectivity index (χ1) is 15.1. The summed E-state index contributed by atoms with van der Waals surface area (Å²) in [5.41, 5.74) is 9.57. The van der Waals surface area contributed by atoms with Gasteiger partial charge in [0.05, 0.1) is 7.11 Å². The molecule has 1 aromatic carbocycles. The Labute approximate surface area is 194 Å². The van der Waals surface area contributed by atoms with E-state index in [1.807, 2.05) is 25.1 Å². The monoisotopic (exact) mass is 437 g/mol. The summed E-state index contributed by atoms with van der Waals surface area (Å²) in [4.78, 5) is 13.8. The Morgan fingerprint density at radius 3 is 2.53 bits per heavy atom. The van der Waals surface area contributed by atoms with Crippen molar-refractivity contribution in [1.29, 1.82) is 0 Å². The molecule has 1 aromatic rings. The van der Waals surface area contributed by atoms with Crippen LogP contribution < -0.4 is 10.5 Å². The molecule has 0 heterocycles. The van der Waals surface area contributed by atoms with E-state index in [-0.39, 0.29) is 22.3 Å². The van der Waals surface area contributed by atoms with Crippen molar-refractivity contribution in [3.05, 3.63) is 29.3 Å². The number of ketones is 1. The Balaban J connectivity index is 1.41. The highest BCUT2D eigenvalue weighted by atomic mass is 16.5. The summed E-state index contributed by atoms with van der Waals surface area (Å²) in [5, 5.41) is 0. The quantitative estimate of drug-likeness (QED) is 0.545. The van der Waals surface area contributed by atoms with E-state index >= 15 is 0 Å². The Bertz CT molecular complexity index is 910. The highest BCUT2D eigenvalue weighted by Gasteiger charge is 2.64. The number of carbonyl (C=O) groups is 1. The topological polar surface area (TPSA) is 52.3 Å². The van der Waals surface area contributed by atoms with E-state index in [1.54, 1.807) is 7.11 Å². The first-order valence-corrected chi connectivity index (χ1v) is 13.1. The fourth-order valence-electron chi connectivity index (χ4n) is 9.26. The molecule has 0 spiro atoms. The van der Waals surface area contributed by atoms with Crippen molar-refractivity contribution in [2.75, 3.05) is 7.11 Å². The third-order valence-electron chi connectivity index (χ3n) is 11.2. The molecule has 3 heteroatoms. The van der Waals surface area contributed by atoms with E-state index < -0.39 is 0 Å². The van der Waals surface area contributed by atoms with E-state index in [0.717, 1.165) is 41.1 Å². The molecule has 176 valence electrons. The maximum absolute atomic E-state index is 13.8. The van der Waals surface area contributed by atoms with Crippen LogP contribution >= 0.6 is 0 Å². The van der Waals surface area contributed by atoms with Crippen molar-refractivity contribution in [2.45, 2.75) is 91.0 Å². The summed E-state index contributed by atoms with van der Waals surface area (Å²) in [7, 11) is 1.69. The molecular weight excluding hydrogens is 394 g/mol. The predicted molar refractivity (Wildman–Crippen MR) is 130 cm³/mol. The second-order valence-corrected chi connectivity index (χ2v) is 12.6. The minimum absolute atomic E-state index is 0.0214. The van der Waals surface area contributed by atoms with E-state index in [1.165, 1.54) is 51.4 Å². The molecule has 2 N–H and O–H groups in total. The van der Waals surface area contributed by atoms with Gasteiger partial charge in [-0.2, -0.15) is 0 Å². The number of rotatable bonds is 3. The fraction of sp³-hybridized carbons (Fsp3) is 0.759. The lowest BCUT2D eigenvalue weighted by atomic mass is 9.42. The molecule has 0 bridgehead atoms. The van der Waals surface area contributed by atoms with Gasteiger partial charge in [-0.15, -0.1) is 0 Å². The van der Waals surface area contributed by atoms with E-state index in [2.05, 4.69) is 20.8 Å². The number of fused-ring (bicyclic) bond motifs is 5. The second-order valence-electron chi connectivity index (χ2n) is 12.6. The molecule has 0 radical (unpaired) electrons. The van der Waals surface area contributed by atoms with Crippen LogP contribution in [-0.4, -0.2) is 18.4 Å². The van der Waals surface area contributed by atoms with E-state index in [9.17, 15) is 4.79 Å². The van der Waals surface area contributed by atoms with Crippen molar-refractivity contribution in [3.63, 3.8) is 0 Å². The number of Topliss-reactive ketones (excluding diaryl/α,β-unsaturated/α-hetero) is 1. The number of nitrogens with two attached hydrogens (primary N) is 1. The van der Waals surface area contributed by atoms with Crippen molar-refractivity contribution in [1.82, 2.24) is 0 Å². The largest absolute Gasteiger partial charge is 0.497 e. The normalized spacial score (nSPS) is 45.5. The molecule has 4 saturated carbocycles. The first kappa shape index (κ1) is 22.4. The Hall–Kier alpha value is -1.35. The number of benzene rings is 1. The Morgan fingerprint density at radius 1 is 1.03 bits per heavy atom. The lowest BCUT2D eigenvalue weighted by molar-refractivity contribution is -0.126. The standard InChI is InChI=1S/C29H43NO2/c1-18-10-14-28(4)24-12-13-27(3)23(22(24)11-15-29(28,30)17-18)8-9-25(27)26(31)21-7-6-20(32-5)16-19(21)2/h6-7,16,18,22-25H,8-15,17,30H2,1-5H3/t18-,22-,23?,24?,25+,27-,28+,29-/m0/s1. The smallest absolute Gasteiger partial charge is 0.166 e. The summed E-state index contributed by atoms with van der Waals surface area (Å²) >= 11 is 0. The van der Waals surface area contributed by atoms with Crippen molar-refractivity contribution in [2.24, 2.45) is 46.2 Å². The number of methoxy groups -OCH3 is 1. The maximum atomic E-state index is 13.8. The molecule has 0 amide bonds. The molecule has 2 unspecified atom stereocenters. The van der Waals surface area contributed by atoms with Crippen molar-refractivity contribution >= 4 is 5.78 Å². The molecule has 4 fully saturated rings. The zero-order valence-corrected chi connectivity index (χ0v) is 20.9. The summed E-state index contributed by atoms with van der Waals surface area (Å²) in [6, 6.07) is 5.94. The first-order valence-electron chi connectivity index (χ1n) is 13.1. The molecule has 3 nitrogen and oxygen atoms in total. The molecule has 0 saturated heterocycles.